The molecule has 1 aliphatic heterocycles. The van der Waals surface area contributed by atoms with Crippen LogP contribution in [-0.2, 0) is 13.1 Å². The van der Waals surface area contributed by atoms with Gasteiger partial charge in [0.05, 0.1) is 6.54 Å². The molecule has 0 unspecified atom stereocenters. The van der Waals surface area contributed by atoms with Crippen molar-refractivity contribution < 1.29 is 4.79 Å². The molecule has 1 fully saturated rings. The average molecular weight is 408 g/mol. The van der Waals surface area contributed by atoms with Crippen LogP contribution in [0.1, 0.15) is 35.3 Å². The summed E-state index contributed by atoms with van der Waals surface area (Å²) in [5.74, 6) is 0.907. The molecule has 1 heterocycles. The fourth-order valence-corrected chi connectivity index (χ4v) is 3.62. The molecule has 6 heteroatoms. The van der Waals surface area contributed by atoms with Gasteiger partial charge in [-0.2, -0.15) is 0 Å². The first-order valence-electron chi connectivity index (χ1n) is 10.9. The SMILES string of the molecule is CCNC(=O)c1cccc(CN=C(NCC)N2CCN(Cc3ccccc3)CC2)c1. The number of carbonyl (C=O) groups excluding carboxylic acids is 1. The van der Waals surface area contributed by atoms with E-state index in [1.54, 1.807) is 0 Å². The van der Waals surface area contributed by atoms with Crippen LogP contribution in [0.4, 0.5) is 0 Å². The smallest absolute Gasteiger partial charge is 0.251 e. The highest BCUT2D eigenvalue weighted by Gasteiger charge is 2.19. The van der Waals surface area contributed by atoms with Gasteiger partial charge in [-0.15, -0.1) is 0 Å². The van der Waals surface area contributed by atoms with E-state index in [0.717, 1.165) is 50.8 Å². The molecule has 0 saturated carbocycles. The maximum Gasteiger partial charge on any atom is 0.251 e. The van der Waals surface area contributed by atoms with Crippen molar-refractivity contribution in [3.63, 3.8) is 0 Å². The van der Waals surface area contributed by atoms with Gasteiger partial charge in [-0.25, -0.2) is 4.99 Å². The molecule has 2 aromatic carbocycles. The van der Waals surface area contributed by atoms with Crippen molar-refractivity contribution in [2.45, 2.75) is 26.9 Å². The normalized spacial score (nSPS) is 15.1. The molecule has 0 aliphatic carbocycles. The van der Waals surface area contributed by atoms with Crippen LogP contribution in [0.5, 0.6) is 0 Å². The average Bonchev–Trinajstić information content (AvgIpc) is 2.78. The Hall–Kier alpha value is -2.86. The number of amides is 1. The quantitative estimate of drug-likeness (QED) is 0.547. The summed E-state index contributed by atoms with van der Waals surface area (Å²) in [6.45, 7) is 11.0. The summed E-state index contributed by atoms with van der Waals surface area (Å²) >= 11 is 0. The number of nitrogens with zero attached hydrogens (tertiary/aromatic N) is 3. The summed E-state index contributed by atoms with van der Waals surface area (Å²) in [6, 6.07) is 18.3. The number of benzene rings is 2. The number of nitrogens with one attached hydrogen (secondary N) is 2. The minimum absolute atomic E-state index is 0.0372. The van der Waals surface area contributed by atoms with Crippen LogP contribution in [-0.4, -0.2) is 60.9 Å². The van der Waals surface area contributed by atoms with Crippen molar-refractivity contribution in [1.82, 2.24) is 20.4 Å². The van der Waals surface area contributed by atoms with E-state index in [4.69, 9.17) is 4.99 Å². The molecule has 0 bridgehead atoms. The fraction of sp³-hybridized carbons (Fsp3) is 0.417. The predicted octanol–water partition coefficient (Wildman–Crippen LogP) is 2.72. The summed E-state index contributed by atoms with van der Waals surface area (Å²) in [5.41, 5.74) is 3.08. The van der Waals surface area contributed by atoms with Crippen molar-refractivity contribution in [3.05, 3.63) is 71.3 Å². The van der Waals surface area contributed by atoms with E-state index >= 15 is 0 Å². The van der Waals surface area contributed by atoms with Gasteiger partial charge in [0.2, 0.25) is 0 Å². The molecule has 1 saturated heterocycles. The van der Waals surface area contributed by atoms with Crippen LogP contribution >= 0.6 is 0 Å². The van der Waals surface area contributed by atoms with Gasteiger partial charge in [0.15, 0.2) is 5.96 Å². The molecule has 1 amide bonds. The van der Waals surface area contributed by atoms with Gasteiger partial charge in [-0.3, -0.25) is 9.69 Å². The standard InChI is InChI=1S/C24H33N5O/c1-3-25-23(30)22-12-8-11-21(17-22)18-27-24(26-4-2)29-15-13-28(14-16-29)19-20-9-6-5-7-10-20/h5-12,17H,3-4,13-16,18-19H2,1-2H3,(H,25,30)(H,26,27). The molecule has 160 valence electrons. The van der Waals surface area contributed by atoms with Gasteiger partial charge in [0, 0.05) is 51.4 Å². The molecule has 2 N–H and O–H groups in total. The molecule has 2 aromatic rings. The first-order chi connectivity index (χ1) is 14.7. The van der Waals surface area contributed by atoms with E-state index in [0.29, 0.717) is 18.7 Å². The number of carbonyl (C=O) groups is 1. The van der Waals surface area contributed by atoms with Gasteiger partial charge in [-0.05, 0) is 37.1 Å². The minimum Gasteiger partial charge on any atom is -0.357 e. The lowest BCUT2D eigenvalue weighted by atomic mass is 10.1. The van der Waals surface area contributed by atoms with Crippen LogP contribution in [0.15, 0.2) is 59.6 Å². The van der Waals surface area contributed by atoms with Gasteiger partial charge < -0.3 is 15.5 Å². The third-order valence-electron chi connectivity index (χ3n) is 5.19. The first kappa shape index (κ1) is 21.8. The summed E-state index contributed by atoms with van der Waals surface area (Å²) < 4.78 is 0. The van der Waals surface area contributed by atoms with E-state index < -0.39 is 0 Å². The number of rotatable bonds is 7. The lowest BCUT2D eigenvalue weighted by molar-refractivity contribution is 0.0955. The topological polar surface area (TPSA) is 60.0 Å². The van der Waals surface area contributed by atoms with Crippen molar-refractivity contribution in [2.75, 3.05) is 39.3 Å². The highest BCUT2D eigenvalue weighted by molar-refractivity contribution is 5.94. The second-order valence-electron chi connectivity index (χ2n) is 7.48. The summed E-state index contributed by atoms with van der Waals surface area (Å²) in [7, 11) is 0. The number of hydrogen-bond donors (Lipinski definition) is 2. The molecule has 30 heavy (non-hydrogen) atoms. The molecule has 0 aromatic heterocycles. The second kappa shape index (κ2) is 11.4. The van der Waals surface area contributed by atoms with Crippen molar-refractivity contribution >= 4 is 11.9 Å². The predicted molar refractivity (Wildman–Crippen MR) is 123 cm³/mol. The maximum atomic E-state index is 12.1. The molecular weight excluding hydrogens is 374 g/mol. The zero-order valence-corrected chi connectivity index (χ0v) is 18.1. The zero-order valence-electron chi connectivity index (χ0n) is 18.1. The summed E-state index contributed by atoms with van der Waals surface area (Å²) in [6.07, 6.45) is 0. The number of piperazine rings is 1. The van der Waals surface area contributed by atoms with Crippen LogP contribution < -0.4 is 10.6 Å². The molecule has 0 atom stereocenters. The lowest BCUT2D eigenvalue weighted by Crippen LogP contribution is -2.52. The van der Waals surface area contributed by atoms with Gasteiger partial charge in [0.1, 0.15) is 0 Å². The Kier molecular flexibility index (Phi) is 8.27. The third kappa shape index (κ3) is 6.32. The monoisotopic (exact) mass is 407 g/mol. The van der Waals surface area contributed by atoms with Crippen molar-refractivity contribution in [3.8, 4) is 0 Å². The van der Waals surface area contributed by atoms with Gasteiger partial charge in [-0.1, -0.05) is 42.5 Å². The van der Waals surface area contributed by atoms with E-state index in [1.165, 1.54) is 5.56 Å². The minimum atomic E-state index is -0.0372. The Morgan fingerprint density at radius 2 is 1.60 bits per heavy atom. The number of aliphatic imine (C=N–C) groups is 1. The second-order valence-corrected chi connectivity index (χ2v) is 7.48. The van der Waals surface area contributed by atoms with Crippen LogP contribution in [0.3, 0.4) is 0 Å². The Morgan fingerprint density at radius 3 is 2.30 bits per heavy atom. The van der Waals surface area contributed by atoms with Gasteiger partial charge >= 0.3 is 0 Å². The Morgan fingerprint density at radius 1 is 0.900 bits per heavy atom. The summed E-state index contributed by atoms with van der Waals surface area (Å²) in [5, 5.41) is 6.27. The van der Waals surface area contributed by atoms with E-state index in [2.05, 4.69) is 57.7 Å². The molecule has 1 aliphatic rings. The molecule has 6 nitrogen and oxygen atoms in total. The van der Waals surface area contributed by atoms with Crippen LogP contribution in [0.2, 0.25) is 0 Å². The molecular formula is C24H33N5O. The molecule has 0 spiro atoms. The Balaban J connectivity index is 1.58. The number of hydrogen-bond acceptors (Lipinski definition) is 3. The van der Waals surface area contributed by atoms with Crippen molar-refractivity contribution in [1.29, 1.82) is 0 Å². The van der Waals surface area contributed by atoms with E-state index in [1.807, 2.05) is 31.2 Å². The molecule has 3 rings (SSSR count). The van der Waals surface area contributed by atoms with E-state index in [-0.39, 0.29) is 5.91 Å². The lowest BCUT2D eigenvalue weighted by Gasteiger charge is -2.36. The molecule has 0 radical (unpaired) electrons. The number of guanidine groups is 1. The van der Waals surface area contributed by atoms with Crippen LogP contribution in [0.25, 0.3) is 0 Å². The Bertz CT molecular complexity index is 828. The maximum absolute atomic E-state index is 12.1. The highest BCUT2D eigenvalue weighted by Crippen LogP contribution is 2.10. The Labute approximate surface area is 180 Å². The largest absolute Gasteiger partial charge is 0.357 e. The fourth-order valence-electron chi connectivity index (χ4n) is 3.62. The van der Waals surface area contributed by atoms with Gasteiger partial charge in [0.25, 0.3) is 5.91 Å². The van der Waals surface area contributed by atoms with Crippen molar-refractivity contribution in [2.24, 2.45) is 4.99 Å². The zero-order chi connectivity index (χ0) is 21.2. The first-order valence-corrected chi connectivity index (χ1v) is 10.9. The summed E-state index contributed by atoms with van der Waals surface area (Å²) in [4.78, 5) is 21.7. The van der Waals surface area contributed by atoms with E-state index in [9.17, 15) is 4.79 Å². The third-order valence-corrected chi connectivity index (χ3v) is 5.19. The van der Waals surface area contributed by atoms with Crippen LogP contribution in [0, 0.1) is 0 Å². The highest BCUT2D eigenvalue weighted by atomic mass is 16.1.